The van der Waals surface area contributed by atoms with Crippen LogP contribution in [0.4, 0.5) is 10.8 Å². The fourth-order valence-electron chi connectivity index (χ4n) is 2.90. The Labute approximate surface area is 188 Å². The van der Waals surface area contributed by atoms with Crippen molar-refractivity contribution >= 4 is 61.8 Å². The largest absolute Gasteiger partial charge is 0.349 e. The molecule has 30 heavy (non-hydrogen) atoms. The van der Waals surface area contributed by atoms with Gasteiger partial charge in [-0.3, -0.25) is 14.2 Å². The first-order chi connectivity index (χ1) is 14.3. The number of nitrogens with one attached hydrogen (secondary N) is 1. The maximum Gasteiger partial charge on any atom is 0.274 e. The summed E-state index contributed by atoms with van der Waals surface area (Å²) in [6.45, 7) is 9.58. The number of aromatic nitrogens is 3. The van der Waals surface area contributed by atoms with Gasteiger partial charge in [-0.2, -0.15) is 4.98 Å². The zero-order valence-corrected chi connectivity index (χ0v) is 19.7. The van der Waals surface area contributed by atoms with Crippen molar-refractivity contribution in [2.45, 2.75) is 38.9 Å². The number of halogens is 1. The third kappa shape index (κ3) is 4.96. The number of thiazole rings is 1. The minimum Gasteiger partial charge on any atom is -0.349 e. The van der Waals surface area contributed by atoms with Crippen LogP contribution < -0.4 is 15.8 Å². The molecule has 2 aromatic heterocycles. The number of amides is 1. The quantitative estimate of drug-likeness (QED) is 0.385. The van der Waals surface area contributed by atoms with Crippen molar-refractivity contribution in [3.63, 3.8) is 0 Å². The molecule has 2 heterocycles. The molecule has 0 saturated heterocycles. The zero-order chi connectivity index (χ0) is 21.8. The van der Waals surface area contributed by atoms with E-state index in [9.17, 15) is 9.59 Å². The molecule has 0 bridgehead atoms. The average molecular weight is 466 g/mol. The Morgan fingerprint density at radius 3 is 2.50 bits per heavy atom. The highest BCUT2D eigenvalue weighted by Gasteiger charge is 2.20. The molecule has 3 rings (SSSR count). The molecule has 0 aliphatic rings. The van der Waals surface area contributed by atoms with Gasteiger partial charge in [0.2, 0.25) is 5.91 Å². The van der Waals surface area contributed by atoms with E-state index in [-0.39, 0.29) is 23.3 Å². The standard InChI is InChI=1S/C20H24ClN5O2S2/c1-5-25(6-2)19-23-17-16(30-19)18(28)26(12(3)4)20(24-17)29-11-15(27)22-14-9-7-13(21)8-10-14/h7-10,12H,5-6,11H2,1-4H3,(H,22,27). The van der Waals surface area contributed by atoms with E-state index in [4.69, 9.17) is 11.6 Å². The Kier molecular flexibility index (Phi) is 7.38. The summed E-state index contributed by atoms with van der Waals surface area (Å²) in [5.41, 5.74) is 0.981. The molecule has 1 N–H and O–H groups in total. The molecule has 0 fully saturated rings. The fourth-order valence-corrected chi connectivity index (χ4v) is 5.02. The van der Waals surface area contributed by atoms with Crippen molar-refractivity contribution in [1.29, 1.82) is 0 Å². The number of hydrogen-bond donors (Lipinski definition) is 1. The summed E-state index contributed by atoms with van der Waals surface area (Å²) in [7, 11) is 0. The number of nitrogens with zero attached hydrogens (tertiary/aromatic N) is 4. The summed E-state index contributed by atoms with van der Waals surface area (Å²) in [6, 6.07) is 6.82. The molecule has 0 unspecified atom stereocenters. The van der Waals surface area contributed by atoms with Crippen molar-refractivity contribution in [3.05, 3.63) is 39.6 Å². The van der Waals surface area contributed by atoms with Gasteiger partial charge in [-0.15, -0.1) is 0 Å². The van der Waals surface area contributed by atoms with Gasteiger partial charge in [0.15, 0.2) is 15.9 Å². The fraction of sp³-hybridized carbons (Fsp3) is 0.400. The van der Waals surface area contributed by atoms with Crippen LogP contribution >= 0.6 is 34.7 Å². The number of hydrogen-bond acceptors (Lipinski definition) is 7. The highest BCUT2D eigenvalue weighted by atomic mass is 35.5. The van der Waals surface area contributed by atoms with Crippen LogP contribution in [0.25, 0.3) is 10.3 Å². The van der Waals surface area contributed by atoms with Gasteiger partial charge >= 0.3 is 0 Å². The maximum atomic E-state index is 13.1. The van der Waals surface area contributed by atoms with E-state index in [0.717, 1.165) is 18.2 Å². The molecule has 0 aliphatic carbocycles. The molecule has 0 spiro atoms. The van der Waals surface area contributed by atoms with Crippen LogP contribution in [0.1, 0.15) is 33.7 Å². The molecule has 0 radical (unpaired) electrons. The van der Waals surface area contributed by atoms with Gasteiger partial charge in [0, 0.05) is 29.8 Å². The van der Waals surface area contributed by atoms with Crippen molar-refractivity contribution in [2.75, 3.05) is 29.1 Å². The van der Waals surface area contributed by atoms with Crippen LogP contribution in [0.15, 0.2) is 34.2 Å². The maximum absolute atomic E-state index is 13.1. The number of carbonyl (C=O) groups excluding carboxylic acids is 1. The molecule has 1 aromatic carbocycles. The van der Waals surface area contributed by atoms with Crippen LogP contribution in [0.2, 0.25) is 5.02 Å². The van der Waals surface area contributed by atoms with Gasteiger partial charge < -0.3 is 10.2 Å². The summed E-state index contributed by atoms with van der Waals surface area (Å²) in [6.07, 6.45) is 0. The van der Waals surface area contributed by atoms with Gasteiger partial charge in [0.05, 0.1) is 5.75 Å². The predicted molar refractivity (Wildman–Crippen MR) is 126 cm³/mol. The number of benzene rings is 1. The smallest absolute Gasteiger partial charge is 0.274 e. The molecule has 3 aromatic rings. The van der Waals surface area contributed by atoms with Gasteiger partial charge in [-0.05, 0) is 52.0 Å². The Hall–Kier alpha value is -2.10. The minimum atomic E-state index is -0.186. The topological polar surface area (TPSA) is 80.1 Å². The molecule has 0 atom stereocenters. The minimum absolute atomic E-state index is 0.0878. The number of carbonyl (C=O) groups is 1. The molecule has 0 saturated carbocycles. The molecule has 0 aliphatic heterocycles. The Balaban J connectivity index is 1.86. The highest BCUT2D eigenvalue weighted by Crippen LogP contribution is 2.28. The molecule has 7 nitrogen and oxygen atoms in total. The zero-order valence-electron chi connectivity index (χ0n) is 17.3. The van der Waals surface area contributed by atoms with Crippen LogP contribution in [0.5, 0.6) is 0 Å². The highest BCUT2D eigenvalue weighted by molar-refractivity contribution is 7.99. The average Bonchev–Trinajstić information content (AvgIpc) is 3.13. The Morgan fingerprint density at radius 1 is 1.23 bits per heavy atom. The van der Waals surface area contributed by atoms with Crippen molar-refractivity contribution in [3.8, 4) is 0 Å². The summed E-state index contributed by atoms with van der Waals surface area (Å²) >= 11 is 8.47. The number of fused-ring (bicyclic) bond motifs is 1. The van der Waals surface area contributed by atoms with E-state index >= 15 is 0 Å². The third-order valence-corrected chi connectivity index (χ3v) is 6.73. The first-order valence-corrected chi connectivity index (χ1v) is 11.9. The van der Waals surface area contributed by atoms with E-state index in [1.54, 1.807) is 28.8 Å². The monoisotopic (exact) mass is 465 g/mol. The Bertz CT molecular complexity index is 1090. The molecular formula is C20H24ClN5O2S2. The second kappa shape index (κ2) is 9.80. The van der Waals surface area contributed by atoms with Crippen LogP contribution in [-0.4, -0.2) is 39.3 Å². The van der Waals surface area contributed by atoms with Crippen LogP contribution in [0.3, 0.4) is 0 Å². The van der Waals surface area contributed by atoms with Gasteiger partial charge in [-0.1, -0.05) is 34.7 Å². The molecule has 10 heteroatoms. The van der Waals surface area contributed by atoms with E-state index in [1.165, 1.54) is 23.1 Å². The van der Waals surface area contributed by atoms with E-state index in [0.29, 0.717) is 26.2 Å². The molecular weight excluding hydrogens is 442 g/mol. The van der Waals surface area contributed by atoms with Gasteiger partial charge in [0.1, 0.15) is 4.70 Å². The lowest BCUT2D eigenvalue weighted by Crippen LogP contribution is -2.25. The van der Waals surface area contributed by atoms with Gasteiger partial charge in [-0.25, -0.2) is 4.98 Å². The van der Waals surface area contributed by atoms with Crippen molar-refractivity contribution < 1.29 is 4.79 Å². The lowest BCUT2D eigenvalue weighted by atomic mass is 10.3. The second-order valence-electron chi connectivity index (χ2n) is 6.83. The lowest BCUT2D eigenvalue weighted by molar-refractivity contribution is -0.113. The third-order valence-electron chi connectivity index (χ3n) is 4.43. The van der Waals surface area contributed by atoms with Gasteiger partial charge in [0.25, 0.3) is 5.56 Å². The Morgan fingerprint density at radius 2 is 1.90 bits per heavy atom. The van der Waals surface area contributed by atoms with E-state index < -0.39 is 0 Å². The van der Waals surface area contributed by atoms with E-state index in [2.05, 4.69) is 34.0 Å². The van der Waals surface area contributed by atoms with Crippen molar-refractivity contribution in [1.82, 2.24) is 14.5 Å². The van der Waals surface area contributed by atoms with Crippen molar-refractivity contribution in [2.24, 2.45) is 0 Å². The lowest BCUT2D eigenvalue weighted by Gasteiger charge is -2.15. The van der Waals surface area contributed by atoms with Crippen LogP contribution in [0, 0.1) is 0 Å². The number of rotatable bonds is 8. The number of anilines is 2. The normalized spacial score (nSPS) is 11.3. The molecule has 160 valence electrons. The van der Waals surface area contributed by atoms with E-state index in [1.807, 2.05) is 13.8 Å². The number of thioether (sulfide) groups is 1. The summed E-state index contributed by atoms with van der Waals surface area (Å²) in [4.78, 5) is 36.8. The van der Waals surface area contributed by atoms with Crippen LogP contribution in [-0.2, 0) is 4.79 Å². The first-order valence-electron chi connectivity index (χ1n) is 9.70. The first kappa shape index (κ1) is 22.6. The molecule has 1 amide bonds. The predicted octanol–water partition coefficient (Wildman–Crippen LogP) is 4.66. The summed E-state index contributed by atoms with van der Waals surface area (Å²) < 4.78 is 2.17. The summed E-state index contributed by atoms with van der Waals surface area (Å²) in [5.74, 6) is -0.0607. The SMILES string of the molecule is CCN(CC)c1nc2nc(SCC(=O)Nc3ccc(Cl)cc3)n(C(C)C)c(=O)c2s1. The second-order valence-corrected chi connectivity index (χ2v) is 9.18. The summed E-state index contributed by atoms with van der Waals surface area (Å²) in [5, 5.41) is 4.71.